The van der Waals surface area contributed by atoms with Gasteiger partial charge in [0, 0.05) is 24.2 Å². The maximum absolute atomic E-state index is 12.2. The molecule has 5 heteroatoms. The SMILES string of the molecule is COc1ccc(C(=O)N(C)Cc2sccc2C)cn1. The predicted molar refractivity (Wildman–Crippen MR) is 75.6 cm³/mol. The number of aromatic nitrogens is 1. The third kappa shape index (κ3) is 3.12. The van der Waals surface area contributed by atoms with Crippen molar-refractivity contribution in [2.75, 3.05) is 14.2 Å². The first-order valence-corrected chi connectivity index (χ1v) is 6.78. The molecule has 0 saturated heterocycles. The average molecular weight is 276 g/mol. The van der Waals surface area contributed by atoms with Gasteiger partial charge in [-0.2, -0.15) is 0 Å². The maximum atomic E-state index is 12.2. The van der Waals surface area contributed by atoms with Crippen molar-refractivity contribution in [3.8, 4) is 5.88 Å². The van der Waals surface area contributed by atoms with Gasteiger partial charge < -0.3 is 9.64 Å². The summed E-state index contributed by atoms with van der Waals surface area (Å²) in [5.41, 5.74) is 1.79. The Hall–Kier alpha value is -1.88. The van der Waals surface area contributed by atoms with Crippen molar-refractivity contribution in [3.05, 3.63) is 45.8 Å². The Bertz CT molecular complexity index is 563. The standard InChI is InChI=1S/C14H16N2O2S/c1-10-6-7-19-12(10)9-16(2)14(17)11-4-5-13(18-3)15-8-11/h4-8H,9H2,1-3H3. The molecule has 2 heterocycles. The van der Waals surface area contributed by atoms with E-state index < -0.39 is 0 Å². The summed E-state index contributed by atoms with van der Waals surface area (Å²) in [4.78, 5) is 19.2. The first-order chi connectivity index (χ1) is 9.11. The minimum atomic E-state index is -0.0389. The van der Waals surface area contributed by atoms with Crippen molar-refractivity contribution in [2.24, 2.45) is 0 Å². The lowest BCUT2D eigenvalue weighted by atomic mass is 10.2. The van der Waals surface area contributed by atoms with E-state index in [0.717, 1.165) is 0 Å². The van der Waals surface area contributed by atoms with Gasteiger partial charge in [0.05, 0.1) is 19.2 Å². The fourth-order valence-electron chi connectivity index (χ4n) is 1.70. The van der Waals surface area contributed by atoms with Crippen molar-refractivity contribution in [1.29, 1.82) is 0 Å². The van der Waals surface area contributed by atoms with Crippen molar-refractivity contribution in [2.45, 2.75) is 13.5 Å². The number of carbonyl (C=O) groups excluding carboxylic acids is 1. The van der Waals surface area contributed by atoms with E-state index in [4.69, 9.17) is 4.74 Å². The monoisotopic (exact) mass is 276 g/mol. The van der Waals surface area contributed by atoms with Crippen LogP contribution in [0.2, 0.25) is 0 Å². The van der Waals surface area contributed by atoms with Gasteiger partial charge in [0.1, 0.15) is 0 Å². The van der Waals surface area contributed by atoms with Gasteiger partial charge in [-0.3, -0.25) is 4.79 Å². The molecule has 2 rings (SSSR count). The third-order valence-corrected chi connectivity index (χ3v) is 3.90. The number of rotatable bonds is 4. The van der Waals surface area contributed by atoms with Crippen LogP contribution >= 0.6 is 11.3 Å². The molecule has 0 saturated carbocycles. The topological polar surface area (TPSA) is 42.4 Å². The zero-order valence-electron chi connectivity index (χ0n) is 11.2. The van der Waals surface area contributed by atoms with E-state index in [-0.39, 0.29) is 5.91 Å². The zero-order chi connectivity index (χ0) is 13.8. The fraction of sp³-hybridized carbons (Fsp3) is 0.286. The van der Waals surface area contributed by atoms with E-state index in [1.165, 1.54) is 10.4 Å². The number of aryl methyl sites for hydroxylation is 1. The summed E-state index contributed by atoms with van der Waals surface area (Å²) in [5, 5.41) is 2.04. The van der Waals surface area contributed by atoms with Crippen LogP contribution in [0.3, 0.4) is 0 Å². The summed E-state index contributed by atoms with van der Waals surface area (Å²) >= 11 is 1.67. The van der Waals surface area contributed by atoms with Gasteiger partial charge in [-0.25, -0.2) is 4.98 Å². The number of thiophene rings is 1. The number of nitrogens with zero attached hydrogens (tertiary/aromatic N) is 2. The highest BCUT2D eigenvalue weighted by Gasteiger charge is 2.14. The van der Waals surface area contributed by atoms with E-state index in [2.05, 4.69) is 18.0 Å². The number of methoxy groups -OCH3 is 1. The van der Waals surface area contributed by atoms with Crippen LogP contribution in [-0.4, -0.2) is 29.9 Å². The second-order valence-corrected chi connectivity index (χ2v) is 5.28. The van der Waals surface area contributed by atoms with Gasteiger partial charge in [0.15, 0.2) is 0 Å². The summed E-state index contributed by atoms with van der Waals surface area (Å²) in [5.74, 6) is 0.469. The Morgan fingerprint density at radius 2 is 2.21 bits per heavy atom. The molecule has 0 unspecified atom stereocenters. The molecular formula is C14H16N2O2S. The molecule has 2 aromatic heterocycles. The Morgan fingerprint density at radius 1 is 1.42 bits per heavy atom. The molecule has 0 aliphatic heterocycles. The first-order valence-electron chi connectivity index (χ1n) is 5.90. The summed E-state index contributed by atoms with van der Waals surface area (Å²) in [6.45, 7) is 2.67. The van der Waals surface area contributed by atoms with Crippen molar-refractivity contribution in [1.82, 2.24) is 9.88 Å². The Balaban J connectivity index is 2.08. The molecule has 0 atom stereocenters. The van der Waals surface area contributed by atoms with Crippen LogP contribution in [0.1, 0.15) is 20.8 Å². The van der Waals surface area contributed by atoms with E-state index >= 15 is 0 Å². The number of hydrogen-bond donors (Lipinski definition) is 0. The van der Waals surface area contributed by atoms with E-state index in [0.29, 0.717) is 18.0 Å². The lowest BCUT2D eigenvalue weighted by Gasteiger charge is -2.16. The highest BCUT2D eigenvalue weighted by Crippen LogP contribution is 2.18. The fourth-order valence-corrected chi connectivity index (χ4v) is 2.66. The van der Waals surface area contributed by atoms with Gasteiger partial charge in [0.2, 0.25) is 5.88 Å². The number of ether oxygens (including phenoxy) is 1. The molecule has 0 fully saturated rings. The van der Waals surface area contributed by atoms with Crippen LogP contribution in [0.25, 0.3) is 0 Å². The molecule has 0 aliphatic rings. The molecule has 0 bridgehead atoms. The summed E-state index contributed by atoms with van der Waals surface area (Å²) in [6.07, 6.45) is 1.54. The highest BCUT2D eigenvalue weighted by atomic mass is 32.1. The van der Waals surface area contributed by atoms with Crippen LogP contribution < -0.4 is 4.74 Å². The molecule has 0 aliphatic carbocycles. The van der Waals surface area contributed by atoms with Gasteiger partial charge in [-0.05, 0) is 30.0 Å². The van der Waals surface area contributed by atoms with Gasteiger partial charge in [0.25, 0.3) is 5.91 Å². The normalized spacial score (nSPS) is 10.3. The number of carbonyl (C=O) groups is 1. The quantitative estimate of drug-likeness (QED) is 0.862. The molecule has 0 spiro atoms. The van der Waals surface area contributed by atoms with Crippen LogP contribution in [0.5, 0.6) is 5.88 Å². The summed E-state index contributed by atoms with van der Waals surface area (Å²) in [7, 11) is 3.35. The average Bonchev–Trinajstić information content (AvgIpc) is 2.83. The number of amides is 1. The number of pyridine rings is 1. The lowest BCUT2D eigenvalue weighted by molar-refractivity contribution is 0.0786. The van der Waals surface area contributed by atoms with Crippen molar-refractivity contribution < 1.29 is 9.53 Å². The molecule has 100 valence electrons. The van der Waals surface area contributed by atoms with E-state index in [1.807, 2.05) is 5.38 Å². The number of hydrogen-bond acceptors (Lipinski definition) is 4. The van der Waals surface area contributed by atoms with E-state index in [9.17, 15) is 4.79 Å². The largest absolute Gasteiger partial charge is 0.481 e. The Morgan fingerprint density at radius 3 is 2.74 bits per heavy atom. The maximum Gasteiger partial charge on any atom is 0.255 e. The Labute approximate surface area is 116 Å². The molecule has 0 radical (unpaired) electrons. The Kier molecular flexibility index (Phi) is 4.16. The molecule has 0 aromatic carbocycles. The predicted octanol–water partition coefficient (Wildman–Crippen LogP) is 2.73. The lowest BCUT2D eigenvalue weighted by Crippen LogP contribution is -2.26. The van der Waals surface area contributed by atoms with Gasteiger partial charge in [-0.1, -0.05) is 0 Å². The zero-order valence-corrected chi connectivity index (χ0v) is 12.0. The highest BCUT2D eigenvalue weighted by molar-refractivity contribution is 7.10. The molecule has 1 amide bonds. The van der Waals surface area contributed by atoms with Crippen molar-refractivity contribution >= 4 is 17.2 Å². The van der Waals surface area contributed by atoms with Gasteiger partial charge in [-0.15, -0.1) is 11.3 Å². The molecular weight excluding hydrogens is 260 g/mol. The summed E-state index contributed by atoms with van der Waals surface area (Å²) < 4.78 is 4.98. The molecule has 19 heavy (non-hydrogen) atoms. The first kappa shape index (κ1) is 13.5. The van der Waals surface area contributed by atoms with Crippen LogP contribution in [0, 0.1) is 6.92 Å². The molecule has 0 N–H and O–H groups in total. The summed E-state index contributed by atoms with van der Waals surface area (Å²) in [6, 6.07) is 5.48. The third-order valence-electron chi connectivity index (χ3n) is 2.89. The smallest absolute Gasteiger partial charge is 0.255 e. The van der Waals surface area contributed by atoms with Crippen LogP contribution in [0.15, 0.2) is 29.8 Å². The second-order valence-electron chi connectivity index (χ2n) is 4.28. The van der Waals surface area contributed by atoms with E-state index in [1.54, 1.807) is 48.7 Å². The minimum Gasteiger partial charge on any atom is -0.481 e. The van der Waals surface area contributed by atoms with Crippen LogP contribution in [-0.2, 0) is 6.54 Å². The van der Waals surface area contributed by atoms with Gasteiger partial charge >= 0.3 is 0 Å². The molecule has 4 nitrogen and oxygen atoms in total. The molecule has 2 aromatic rings. The van der Waals surface area contributed by atoms with Crippen molar-refractivity contribution in [3.63, 3.8) is 0 Å². The minimum absolute atomic E-state index is 0.0389. The second kappa shape index (κ2) is 5.84. The van der Waals surface area contributed by atoms with Crippen LogP contribution in [0.4, 0.5) is 0 Å².